The van der Waals surface area contributed by atoms with Crippen molar-refractivity contribution < 1.29 is 28.5 Å². The molecule has 0 saturated carbocycles. The Hall–Kier alpha value is -4.58. The second kappa shape index (κ2) is 16.5. The van der Waals surface area contributed by atoms with E-state index in [4.69, 9.17) is 18.9 Å². The van der Waals surface area contributed by atoms with E-state index in [1.165, 1.54) is 6.21 Å². The fourth-order valence-electron chi connectivity index (χ4n) is 4.28. The van der Waals surface area contributed by atoms with E-state index in [2.05, 4.69) is 38.4 Å². The molecule has 0 atom stereocenters. The molecule has 0 radical (unpaired) electrons. The number of hydrogen-bond acceptors (Lipinski definition) is 7. The Morgan fingerprint density at radius 1 is 0.822 bits per heavy atom. The Balaban J connectivity index is 1.39. The Kier molecular flexibility index (Phi) is 12.2. The SMILES string of the molecule is CCOc1cc(C(=O)N/N=C/c2cc(I)c(OCC(=O)Nc3cccc(C)c3C)c(OCC)c2)ccc1OCc1ccccc1. The number of aryl methyl sites for hydroxylation is 1. The molecule has 4 rings (SSSR count). The van der Waals surface area contributed by atoms with E-state index in [1.54, 1.807) is 24.3 Å². The number of halogens is 1. The number of hydrogen-bond donors (Lipinski definition) is 2. The number of ether oxygens (including phenoxy) is 4. The molecule has 0 aliphatic heterocycles. The minimum absolute atomic E-state index is 0.188. The highest BCUT2D eigenvalue weighted by atomic mass is 127. The van der Waals surface area contributed by atoms with Crippen LogP contribution in [0.2, 0.25) is 0 Å². The Morgan fingerprint density at radius 3 is 2.33 bits per heavy atom. The van der Waals surface area contributed by atoms with E-state index in [1.807, 2.05) is 82.3 Å². The van der Waals surface area contributed by atoms with Gasteiger partial charge in [0.2, 0.25) is 0 Å². The maximum absolute atomic E-state index is 12.9. The summed E-state index contributed by atoms with van der Waals surface area (Å²) in [6.07, 6.45) is 1.51. The van der Waals surface area contributed by atoms with Crippen molar-refractivity contribution in [2.24, 2.45) is 5.10 Å². The summed E-state index contributed by atoms with van der Waals surface area (Å²) in [5.41, 5.74) is 7.47. The minimum Gasteiger partial charge on any atom is -0.490 e. The van der Waals surface area contributed by atoms with E-state index in [9.17, 15) is 9.59 Å². The van der Waals surface area contributed by atoms with Crippen molar-refractivity contribution >= 4 is 46.3 Å². The molecule has 0 bridgehead atoms. The lowest BCUT2D eigenvalue weighted by molar-refractivity contribution is -0.118. The lowest BCUT2D eigenvalue weighted by Crippen LogP contribution is -2.21. The van der Waals surface area contributed by atoms with Crippen molar-refractivity contribution in [2.45, 2.75) is 34.3 Å². The first-order valence-corrected chi connectivity index (χ1v) is 15.6. The van der Waals surface area contributed by atoms with Crippen molar-refractivity contribution in [3.63, 3.8) is 0 Å². The normalized spacial score (nSPS) is 10.8. The molecule has 0 aromatic heterocycles. The van der Waals surface area contributed by atoms with Gasteiger partial charge in [0, 0.05) is 11.3 Å². The topological polar surface area (TPSA) is 107 Å². The maximum Gasteiger partial charge on any atom is 0.271 e. The molecule has 0 aliphatic carbocycles. The third kappa shape index (κ3) is 9.45. The molecule has 4 aromatic carbocycles. The van der Waals surface area contributed by atoms with Crippen LogP contribution in [0.4, 0.5) is 5.69 Å². The second-order valence-corrected chi connectivity index (χ2v) is 11.1. The zero-order valence-corrected chi connectivity index (χ0v) is 27.8. The Bertz CT molecular complexity index is 1660. The van der Waals surface area contributed by atoms with Gasteiger partial charge in [0.05, 0.1) is 23.0 Å². The van der Waals surface area contributed by atoms with Gasteiger partial charge in [-0.05, 0) is 109 Å². The van der Waals surface area contributed by atoms with Crippen LogP contribution in [0.5, 0.6) is 23.0 Å². The maximum atomic E-state index is 12.9. The van der Waals surface area contributed by atoms with Crippen molar-refractivity contribution in [3.05, 3.63) is 110 Å². The fourth-order valence-corrected chi connectivity index (χ4v) is 5.06. The molecule has 0 aliphatic rings. The zero-order chi connectivity index (χ0) is 32.2. The number of anilines is 1. The highest BCUT2D eigenvalue weighted by molar-refractivity contribution is 14.1. The van der Waals surface area contributed by atoms with Crippen LogP contribution in [-0.4, -0.2) is 37.8 Å². The van der Waals surface area contributed by atoms with Gasteiger partial charge in [-0.3, -0.25) is 9.59 Å². The molecular weight excluding hydrogens is 685 g/mol. The number of benzene rings is 4. The van der Waals surface area contributed by atoms with Crippen molar-refractivity contribution in [1.82, 2.24) is 5.43 Å². The highest BCUT2D eigenvalue weighted by Gasteiger charge is 2.15. The number of rotatable bonds is 14. The first-order chi connectivity index (χ1) is 21.8. The average molecular weight is 722 g/mol. The van der Waals surface area contributed by atoms with Crippen LogP contribution in [0.15, 0.2) is 84.0 Å². The molecule has 234 valence electrons. The number of hydrazone groups is 1. The van der Waals surface area contributed by atoms with Gasteiger partial charge in [-0.15, -0.1) is 0 Å². The second-order valence-electron chi connectivity index (χ2n) is 9.92. The van der Waals surface area contributed by atoms with E-state index >= 15 is 0 Å². The van der Waals surface area contributed by atoms with Crippen molar-refractivity contribution in [1.29, 1.82) is 0 Å². The van der Waals surface area contributed by atoms with Gasteiger partial charge in [0.1, 0.15) is 6.61 Å². The summed E-state index contributed by atoms with van der Waals surface area (Å²) in [4.78, 5) is 25.5. The summed E-state index contributed by atoms with van der Waals surface area (Å²) in [7, 11) is 0. The lowest BCUT2D eigenvalue weighted by atomic mass is 10.1. The number of nitrogens with zero attached hydrogens (tertiary/aromatic N) is 1. The van der Waals surface area contributed by atoms with Gasteiger partial charge >= 0.3 is 0 Å². The molecule has 4 aromatic rings. The average Bonchev–Trinajstić information content (AvgIpc) is 3.03. The molecular formula is C35H36IN3O6. The summed E-state index contributed by atoms with van der Waals surface area (Å²) in [6, 6.07) is 24.1. The molecule has 0 fully saturated rings. The summed E-state index contributed by atoms with van der Waals surface area (Å²) in [6.45, 7) is 8.69. The standard InChI is InChI=1S/C35H36IN3O6/c1-5-42-31-19-27(15-16-30(31)44-21-25-12-8-7-9-13-25)35(41)39-37-20-26-17-28(36)34(32(18-26)43-6-2)45-22-33(40)38-29-14-10-11-23(3)24(29)4/h7-20H,5-6,21-22H2,1-4H3,(H,38,40)(H,39,41)/b37-20+. The minimum atomic E-state index is -0.406. The van der Waals surface area contributed by atoms with Crippen molar-refractivity contribution in [3.8, 4) is 23.0 Å². The third-order valence-corrected chi connectivity index (χ3v) is 7.48. The van der Waals surface area contributed by atoms with Crippen LogP contribution >= 0.6 is 22.6 Å². The predicted molar refractivity (Wildman–Crippen MR) is 184 cm³/mol. The molecule has 0 unspecified atom stereocenters. The predicted octanol–water partition coefficient (Wildman–Crippen LogP) is 7.07. The molecule has 0 heterocycles. The third-order valence-electron chi connectivity index (χ3n) is 6.68. The molecule has 45 heavy (non-hydrogen) atoms. The molecule has 0 spiro atoms. The number of carbonyl (C=O) groups excluding carboxylic acids is 2. The van der Waals surface area contributed by atoms with Crippen LogP contribution in [0, 0.1) is 17.4 Å². The molecule has 2 amide bonds. The number of nitrogens with one attached hydrogen (secondary N) is 2. The monoisotopic (exact) mass is 721 g/mol. The van der Waals surface area contributed by atoms with Crippen LogP contribution in [0.1, 0.15) is 46.5 Å². The van der Waals surface area contributed by atoms with Gasteiger partial charge in [-0.2, -0.15) is 5.10 Å². The number of amides is 2. The van der Waals surface area contributed by atoms with E-state index in [0.717, 1.165) is 25.9 Å². The van der Waals surface area contributed by atoms with Gasteiger partial charge < -0.3 is 24.3 Å². The van der Waals surface area contributed by atoms with Gasteiger partial charge in [0.15, 0.2) is 29.6 Å². The Labute approximate surface area is 277 Å². The highest BCUT2D eigenvalue weighted by Crippen LogP contribution is 2.34. The van der Waals surface area contributed by atoms with Crippen LogP contribution in [0.25, 0.3) is 0 Å². The summed E-state index contributed by atoms with van der Waals surface area (Å²) >= 11 is 2.12. The van der Waals surface area contributed by atoms with Crippen LogP contribution in [-0.2, 0) is 11.4 Å². The van der Waals surface area contributed by atoms with E-state index in [0.29, 0.717) is 53.9 Å². The van der Waals surface area contributed by atoms with E-state index in [-0.39, 0.29) is 12.5 Å². The van der Waals surface area contributed by atoms with Crippen molar-refractivity contribution in [2.75, 3.05) is 25.1 Å². The van der Waals surface area contributed by atoms with E-state index < -0.39 is 5.91 Å². The molecule has 10 heteroatoms. The molecule has 2 N–H and O–H groups in total. The Morgan fingerprint density at radius 2 is 1.58 bits per heavy atom. The zero-order valence-electron chi connectivity index (χ0n) is 25.7. The number of carbonyl (C=O) groups is 2. The van der Waals surface area contributed by atoms with Gasteiger partial charge in [0.25, 0.3) is 11.8 Å². The van der Waals surface area contributed by atoms with Gasteiger partial charge in [-0.25, -0.2) is 5.43 Å². The summed E-state index contributed by atoms with van der Waals surface area (Å²) < 4.78 is 24.1. The van der Waals surface area contributed by atoms with Crippen LogP contribution < -0.4 is 29.7 Å². The first kappa shape index (κ1) is 33.3. The largest absolute Gasteiger partial charge is 0.490 e. The molecule has 0 saturated heterocycles. The van der Waals surface area contributed by atoms with Gasteiger partial charge in [-0.1, -0.05) is 42.5 Å². The lowest BCUT2D eigenvalue weighted by Gasteiger charge is -2.15. The quantitative estimate of drug-likeness (QED) is 0.0821. The smallest absolute Gasteiger partial charge is 0.271 e. The molecule has 9 nitrogen and oxygen atoms in total. The van der Waals surface area contributed by atoms with Crippen LogP contribution in [0.3, 0.4) is 0 Å². The fraction of sp³-hybridized carbons (Fsp3) is 0.229. The first-order valence-electron chi connectivity index (χ1n) is 14.5. The summed E-state index contributed by atoms with van der Waals surface area (Å²) in [5.74, 6) is 1.25. The summed E-state index contributed by atoms with van der Waals surface area (Å²) in [5, 5.41) is 7.04.